The largest absolute Gasteiger partial charge is 0.468 e. The van der Waals surface area contributed by atoms with E-state index in [1.807, 2.05) is 12.1 Å². The van der Waals surface area contributed by atoms with Crippen LogP contribution in [-0.2, 0) is 27.1 Å². The highest BCUT2D eigenvalue weighted by Crippen LogP contribution is 2.52. The highest BCUT2D eigenvalue weighted by Gasteiger charge is 2.48. The summed E-state index contributed by atoms with van der Waals surface area (Å²) in [7, 11) is 0. The Balaban J connectivity index is 1.43. The van der Waals surface area contributed by atoms with E-state index in [2.05, 4.69) is 179 Å². The van der Waals surface area contributed by atoms with E-state index >= 15 is 0 Å². The molecule has 0 amide bonds. The quantitative estimate of drug-likeness (QED) is 0.164. The third kappa shape index (κ3) is 5.91. The first-order valence-electron chi connectivity index (χ1n) is 22.5. The molecular weight excluding hydrogens is 691 g/mol. The molecule has 0 atom stereocenters. The lowest BCUT2D eigenvalue weighted by Gasteiger charge is -2.43. The Labute approximate surface area is 346 Å². The third-order valence-corrected chi connectivity index (χ3v) is 13.5. The minimum absolute atomic E-state index is 0.00163. The predicted molar refractivity (Wildman–Crippen MR) is 246 cm³/mol. The molecular formula is C53H61BN2O. The summed E-state index contributed by atoms with van der Waals surface area (Å²) < 4.78 is 34.1. The average molecular weight is 756 g/mol. The van der Waals surface area contributed by atoms with Crippen LogP contribution in [0.1, 0.15) is 140 Å². The van der Waals surface area contributed by atoms with Gasteiger partial charge >= 0.3 is 0 Å². The zero-order valence-corrected chi connectivity index (χ0v) is 36.5. The van der Waals surface area contributed by atoms with Crippen LogP contribution in [0.2, 0.25) is 0 Å². The Bertz CT molecular complexity index is 2700. The van der Waals surface area contributed by atoms with Crippen LogP contribution in [0.3, 0.4) is 0 Å². The fourth-order valence-electron chi connectivity index (χ4n) is 9.78. The summed E-state index contributed by atoms with van der Waals surface area (Å²) in [6.07, 6.45) is 2.21. The SMILES string of the molecule is [2H]C([2H])([2H])c1cc2c3c(c1)N(c1ccc(C(C)(C)C)cc1)c1c(oc4cc5c(cc14)C(C)(C)CCC5(C)C)B3c1cc(C(C)(C)C)ccc1N2c1ccc(C(C)(C)C)cc1. The maximum atomic E-state index is 8.92. The molecule has 0 bridgehead atoms. The van der Waals surface area contributed by atoms with Gasteiger partial charge in [-0.2, -0.15) is 0 Å². The molecule has 0 fully saturated rings. The van der Waals surface area contributed by atoms with Gasteiger partial charge in [0.1, 0.15) is 5.58 Å². The first-order chi connectivity index (χ1) is 27.8. The molecule has 6 aromatic rings. The molecule has 4 heteroatoms. The van der Waals surface area contributed by atoms with E-state index in [1.54, 1.807) is 0 Å². The highest BCUT2D eigenvalue weighted by molar-refractivity contribution is 7.00. The molecule has 2 aliphatic heterocycles. The fourth-order valence-corrected chi connectivity index (χ4v) is 9.78. The van der Waals surface area contributed by atoms with Gasteiger partial charge in [0.05, 0.1) is 11.3 Å². The van der Waals surface area contributed by atoms with Crippen molar-refractivity contribution in [3.05, 3.63) is 124 Å². The van der Waals surface area contributed by atoms with Crippen LogP contribution >= 0.6 is 0 Å². The molecule has 0 unspecified atom stereocenters. The van der Waals surface area contributed by atoms with Crippen molar-refractivity contribution < 1.29 is 8.53 Å². The lowest BCUT2D eigenvalue weighted by atomic mass is 9.35. The van der Waals surface area contributed by atoms with E-state index in [4.69, 9.17) is 8.53 Å². The molecule has 5 aromatic carbocycles. The second kappa shape index (κ2) is 12.2. The van der Waals surface area contributed by atoms with E-state index in [1.165, 1.54) is 27.8 Å². The Morgan fingerprint density at radius 2 is 1.07 bits per heavy atom. The van der Waals surface area contributed by atoms with E-state index in [0.717, 1.165) is 74.5 Å². The third-order valence-electron chi connectivity index (χ3n) is 13.5. The molecule has 57 heavy (non-hydrogen) atoms. The summed E-state index contributed by atoms with van der Waals surface area (Å²) in [6.45, 7) is 27.1. The maximum Gasteiger partial charge on any atom is 0.297 e. The Morgan fingerprint density at radius 1 is 0.579 bits per heavy atom. The van der Waals surface area contributed by atoms with Gasteiger partial charge in [0.15, 0.2) is 0 Å². The van der Waals surface area contributed by atoms with Gasteiger partial charge in [-0.3, -0.25) is 0 Å². The van der Waals surface area contributed by atoms with Gasteiger partial charge in [0.2, 0.25) is 0 Å². The summed E-state index contributed by atoms with van der Waals surface area (Å²) >= 11 is 0. The monoisotopic (exact) mass is 756 g/mol. The number of fused-ring (bicyclic) bond motifs is 7. The number of furan rings is 1. The molecule has 0 saturated carbocycles. The zero-order valence-electron chi connectivity index (χ0n) is 39.5. The predicted octanol–water partition coefficient (Wildman–Crippen LogP) is 13.1. The van der Waals surface area contributed by atoms with E-state index < -0.39 is 6.85 Å². The van der Waals surface area contributed by atoms with Crippen LogP contribution in [-0.4, -0.2) is 6.71 Å². The zero-order chi connectivity index (χ0) is 43.3. The van der Waals surface area contributed by atoms with Gasteiger partial charge in [-0.25, -0.2) is 0 Å². The minimum Gasteiger partial charge on any atom is -0.468 e. The molecule has 0 N–H and O–H groups in total. The van der Waals surface area contributed by atoms with Crippen LogP contribution in [0.4, 0.5) is 34.1 Å². The van der Waals surface area contributed by atoms with Crippen LogP contribution in [0, 0.1) is 6.85 Å². The fraction of sp³-hybridized carbons (Fsp3) is 0.396. The lowest BCUT2D eigenvalue weighted by Crippen LogP contribution is -2.61. The Hall–Kier alpha value is -4.70. The second-order valence-corrected chi connectivity index (χ2v) is 21.6. The van der Waals surface area contributed by atoms with Gasteiger partial charge in [-0.1, -0.05) is 126 Å². The molecule has 9 rings (SSSR count). The van der Waals surface area contributed by atoms with Crippen molar-refractivity contribution in [2.45, 2.75) is 137 Å². The lowest BCUT2D eigenvalue weighted by molar-refractivity contribution is 0.332. The number of aryl methyl sites for hydroxylation is 1. The van der Waals surface area contributed by atoms with Crippen molar-refractivity contribution in [2.24, 2.45) is 0 Å². The van der Waals surface area contributed by atoms with Gasteiger partial charge in [0.25, 0.3) is 6.71 Å². The van der Waals surface area contributed by atoms with E-state index in [-0.39, 0.29) is 33.8 Å². The second-order valence-electron chi connectivity index (χ2n) is 21.6. The summed E-state index contributed by atoms with van der Waals surface area (Å²) in [5.41, 5.74) is 16.3. The number of hydrogen-bond donors (Lipinski definition) is 0. The summed E-state index contributed by atoms with van der Waals surface area (Å²) in [4.78, 5) is 4.63. The van der Waals surface area contributed by atoms with Gasteiger partial charge < -0.3 is 14.2 Å². The van der Waals surface area contributed by atoms with Crippen LogP contribution < -0.4 is 26.4 Å². The van der Waals surface area contributed by atoms with Gasteiger partial charge in [-0.05, 0) is 146 Å². The molecule has 3 heterocycles. The molecule has 3 aliphatic rings. The first-order valence-corrected chi connectivity index (χ1v) is 21.0. The molecule has 1 aliphatic carbocycles. The average Bonchev–Trinajstić information content (AvgIpc) is 3.53. The number of hydrogen-bond acceptors (Lipinski definition) is 3. The van der Waals surface area contributed by atoms with E-state index in [0.29, 0.717) is 5.56 Å². The molecule has 0 saturated heterocycles. The van der Waals surface area contributed by atoms with Crippen molar-refractivity contribution in [1.82, 2.24) is 0 Å². The Morgan fingerprint density at radius 3 is 1.60 bits per heavy atom. The molecule has 3 nitrogen and oxygen atoms in total. The number of benzene rings is 5. The molecule has 0 radical (unpaired) electrons. The van der Waals surface area contributed by atoms with Crippen molar-refractivity contribution in [3.63, 3.8) is 0 Å². The van der Waals surface area contributed by atoms with Crippen molar-refractivity contribution in [1.29, 1.82) is 0 Å². The normalized spacial score (nSPS) is 18.0. The number of rotatable bonds is 2. The van der Waals surface area contributed by atoms with Crippen LogP contribution in [0.15, 0.2) is 95.4 Å². The summed E-state index contributed by atoms with van der Waals surface area (Å²) in [5, 5.41) is 1.06. The summed E-state index contributed by atoms with van der Waals surface area (Å²) in [5.74, 6) is 0. The van der Waals surface area contributed by atoms with E-state index in [9.17, 15) is 0 Å². The Kier molecular flexibility index (Phi) is 7.33. The maximum absolute atomic E-state index is 8.92. The van der Waals surface area contributed by atoms with Crippen molar-refractivity contribution in [2.75, 3.05) is 9.80 Å². The van der Waals surface area contributed by atoms with Crippen LogP contribution in [0.25, 0.3) is 11.0 Å². The van der Waals surface area contributed by atoms with Crippen LogP contribution in [0.5, 0.6) is 0 Å². The molecule has 1 aromatic heterocycles. The molecule has 0 spiro atoms. The highest BCUT2D eigenvalue weighted by atomic mass is 16.3. The van der Waals surface area contributed by atoms with Crippen molar-refractivity contribution in [3.8, 4) is 0 Å². The van der Waals surface area contributed by atoms with Gasteiger partial charge in [-0.15, -0.1) is 0 Å². The van der Waals surface area contributed by atoms with Crippen molar-refractivity contribution >= 4 is 68.4 Å². The number of nitrogens with zero attached hydrogens (tertiary/aromatic N) is 2. The smallest absolute Gasteiger partial charge is 0.297 e. The minimum atomic E-state index is -2.35. The first kappa shape index (κ1) is 34.4. The molecule has 292 valence electrons. The standard InChI is InChI=1S/C53H61BN2O/c1-32-27-43-46-44(28-32)56(37-22-17-34(18-23-37)50(5,6)7)47-38-30-39-40(53(13,14)26-25-52(39,11)12)31-45(38)57-48(47)54(46)41-29-35(51(8,9)10)19-24-42(41)55(43)36-20-15-33(16-21-36)49(2,3)4/h15-24,27-31H,25-26H2,1-14H3/i1D3. The summed E-state index contributed by atoms with van der Waals surface area (Å²) in [6, 6.07) is 33.2. The topological polar surface area (TPSA) is 19.6 Å². The number of anilines is 6. The van der Waals surface area contributed by atoms with Gasteiger partial charge in [0, 0.05) is 37.9 Å².